The summed E-state index contributed by atoms with van der Waals surface area (Å²) in [4.78, 5) is 0. The van der Waals surface area contributed by atoms with Gasteiger partial charge in [0.15, 0.2) is 16.6 Å². The van der Waals surface area contributed by atoms with Gasteiger partial charge >= 0.3 is 0 Å². The Hall–Kier alpha value is 0.314. The number of aliphatic hydroxyl groups excluding tert-OH is 1. The lowest BCUT2D eigenvalue weighted by Gasteiger charge is -2.40. The van der Waals surface area contributed by atoms with E-state index in [0.717, 1.165) is 32.3 Å². The second-order valence-electron chi connectivity index (χ2n) is 10.5. The molecular formula is C20H46O3Si2. The fourth-order valence-corrected chi connectivity index (χ4v) is 4.61. The van der Waals surface area contributed by atoms with Crippen LogP contribution in [-0.2, 0) is 8.85 Å². The molecule has 152 valence electrons. The Morgan fingerprint density at radius 1 is 0.840 bits per heavy atom. The van der Waals surface area contributed by atoms with Gasteiger partial charge in [-0.25, -0.2) is 0 Å². The van der Waals surface area contributed by atoms with E-state index in [1.54, 1.807) is 0 Å². The Bertz CT molecular complexity index is 381. The van der Waals surface area contributed by atoms with Crippen molar-refractivity contribution in [1.82, 2.24) is 0 Å². The highest BCUT2D eigenvalue weighted by molar-refractivity contribution is 6.74. The lowest BCUT2D eigenvalue weighted by atomic mass is 10.1. The maximum atomic E-state index is 10.4. The van der Waals surface area contributed by atoms with Crippen molar-refractivity contribution >= 4 is 16.6 Å². The normalized spacial score (nSPS) is 16.8. The maximum Gasteiger partial charge on any atom is 0.192 e. The molecule has 0 saturated carbocycles. The quantitative estimate of drug-likeness (QED) is 0.349. The van der Waals surface area contributed by atoms with E-state index in [4.69, 9.17) is 8.85 Å². The first-order valence-electron chi connectivity index (χ1n) is 10.0. The summed E-state index contributed by atoms with van der Waals surface area (Å²) in [5.41, 5.74) is 0. The summed E-state index contributed by atoms with van der Waals surface area (Å²) in [5, 5.41) is 10.8. The molecule has 0 amide bonds. The van der Waals surface area contributed by atoms with Gasteiger partial charge in [0, 0.05) is 6.61 Å². The van der Waals surface area contributed by atoms with Crippen LogP contribution < -0.4 is 0 Å². The molecule has 0 aliphatic heterocycles. The summed E-state index contributed by atoms with van der Waals surface area (Å²) in [6, 6.07) is 0. The molecule has 0 bridgehead atoms. The van der Waals surface area contributed by atoms with Crippen LogP contribution in [0.1, 0.15) is 74.1 Å². The molecule has 0 saturated heterocycles. The summed E-state index contributed by atoms with van der Waals surface area (Å²) in [6.45, 7) is 25.6. The number of rotatable bonds is 10. The molecule has 0 fully saturated rings. The van der Waals surface area contributed by atoms with Crippen molar-refractivity contribution in [3.63, 3.8) is 0 Å². The van der Waals surface area contributed by atoms with Crippen molar-refractivity contribution in [2.24, 2.45) is 0 Å². The fourth-order valence-electron chi connectivity index (χ4n) is 2.14. The molecule has 0 aliphatic rings. The summed E-state index contributed by atoms with van der Waals surface area (Å²) >= 11 is 0. The van der Waals surface area contributed by atoms with E-state index in [1.165, 1.54) is 0 Å². The first kappa shape index (κ1) is 25.3. The molecule has 0 rings (SSSR count). The van der Waals surface area contributed by atoms with Gasteiger partial charge in [-0.15, -0.1) is 0 Å². The van der Waals surface area contributed by atoms with Gasteiger partial charge in [0.25, 0.3) is 0 Å². The van der Waals surface area contributed by atoms with Crippen molar-refractivity contribution < 1.29 is 14.0 Å². The summed E-state index contributed by atoms with van der Waals surface area (Å²) in [7, 11) is -3.50. The molecule has 0 aromatic heterocycles. The van der Waals surface area contributed by atoms with E-state index in [0.29, 0.717) is 0 Å². The molecule has 0 unspecified atom stereocenters. The predicted molar refractivity (Wildman–Crippen MR) is 115 cm³/mol. The minimum atomic E-state index is -1.85. The largest absolute Gasteiger partial charge is 0.417 e. The van der Waals surface area contributed by atoms with E-state index in [-0.39, 0.29) is 22.3 Å². The third kappa shape index (κ3) is 8.25. The zero-order chi connectivity index (χ0) is 20.1. The van der Waals surface area contributed by atoms with Crippen molar-refractivity contribution in [3.8, 4) is 0 Å². The molecular weight excluding hydrogens is 344 g/mol. The fraction of sp³-hybridized carbons (Fsp3) is 1.00. The highest BCUT2D eigenvalue weighted by Crippen LogP contribution is 2.39. The summed E-state index contributed by atoms with van der Waals surface area (Å²) in [5.74, 6) is 0. The number of hydrogen-bond acceptors (Lipinski definition) is 3. The second kappa shape index (κ2) is 9.49. The molecule has 0 spiro atoms. The SMILES string of the molecule is CC[C@@H](O)[C@H](CCCCO[Si](C)(C)C(C)(C)C)O[Si](C)(C)C(C)(C)C. The van der Waals surface area contributed by atoms with Gasteiger partial charge in [-0.2, -0.15) is 0 Å². The van der Waals surface area contributed by atoms with Crippen LogP contribution in [0.15, 0.2) is 0 Å². The highest BCUT2D eigenvalue weighted by Gasteiger charge is 2.40. The Morgan fingerprint density at radius 2 is 1.32 bits per heavy atom. The Labute approximate surface area is 160 Å². The monoisotopic (exact) mass is 390 g/mol. The number of unbranched alkanes of at least 4 members (excludes halogenated alkanes) is 1. The van der Waals surface area contributed by atoms with Crippen LogP contribution in [-0.4, -0.2) is 40.6 Å². The molecule has 0 aromatic rings. The van der Waals surface area contributed by atoms with Gasteiger partial charge in [-0.1, -0.05) is 48.5 Å². The lowest BCUT2D eigenvalue weighted by Crippen LogP contribution is -2.47. The van der Waals surface area contributed by atoms with Gasteiger partial charge in [-0.3, -0.25) is 0 Å². The zero-order valence-corrected chi connectivity index (χ0v) is 21.0. The molecule has 0 radical (unpaired) electrons. The summed E-state index contributed by atoms with van der Waals surface area (Å²) < 4.78 is 12.8. The number of hydrogen-bond donors (Lipinski definition) is 1. The minimum Gasteiger partial charge on any atom is -0.417 e. The Balaban J connectivity index is 4.54. The smallest absolute Gasteiger partial charge is 0.192 e. The van der Waals surface area contributed by atoms with Crippen LogP contribution in [0.2, 0.25) is 36.3 Å². The van der Waals surface area contributed by atoms with Crippen LogP contribution in [0.5, 0.6) is 0 Å². The third-order valence-electron chi connectivity index (χ3n) is 6.25. The van der Waals surface area contributed by atoms with Crippen LogP contribution in [0.4, 0.5) is 0 Å². The molecule has 2 atom stereocenters. The molecule has 0 aliphatic carbocycles. The van der Waals surface area contributed by atoms with E-state index in [2.05, 4.69) is 67.7 Å². The molecule has 3 nitrogen and oxygen atoms in total. The van der Waals surface area contributed by atoms with Crippen molar-refractivity contribution in [1.29, 1.82) is 0 Å². The topological polar surface area (TPSA) is 38.7 Å². The Kier molecular flexibility index (Phi) is 9.61. The van der Waals surface area contributed by atoms with Gasteiger partial charge in [0.1, 0.15) is 0 Å². The molecule has 1 N–H and O–H groups in total. The lowest BCUT2D eigenvalue weighted by molar-refractivity contribution is 0.0187. The van der Waals surface area contributed by atoms with Crippen LogP contribution in [0.3, 0.4) is 0 Å². The van der Waals surface area contributed by atoms with Gasteiger partial charge in [-0.05, 0) is 61.9 Å². The molecule has 25 heavy (non-hydrogen) atoms. The minimum absolute atomic E-state index is 0.0428. The zero-order valence-electron chi connectivity index (χ0n) is 19.0. The van der Waals surface area contributed by atoms with Crippen molar-refractivity contribution in [2.75, 3.05) is 6.61 Å². The van der Waals surface area contributed by atoms with Crippen molar-refractivity contribution in [3.05, 3.63) is 0 Å². The molecule has 5 heteroatoms. The standard InChI is InChI=1S/C20H46O3Si2/c1-12-17(21)18(23-25(10,11)20(5,6)7)15-13-14-16-22-24(8,9)19(2,3)4/h17-18,21H,12-16H2,1-11H3/t17-,18+/m1/s1. The summed E-state index contributed by atoms with van der Waals surface area (Å²) in [6.07, 6.45) is 3.35. The Morgan fingerprint density at radius 3 is 1.72 bits per heavy atom. The first-order chi connectivity index (χ1) is 11.0. The van der Waals surface area contributed by atoms with Crippen LogP contribution >= 0.6 is 0 Å². The van der Waals surface area contributed by atoms with E-state index in [9.17, 15) is 5.11 Å². The van der Waals surface area contributed by atoms with E-state index in [1.807, 2.05) is 6.92 Å². The first-order valence-corrected chi connectivity index (χ1v) is 15.9. The number of aliphatic hydroxyl groups is 1. The van der Waals surface area contributed by atoms with E-state index >= 15 is 0 Å². The maximum absolute atomic E-state index is 10.4. The average Bonchev–Trinajstić information content (AvgIpc) is 2.42. The highest BCUT2D eigenvalue weighted by atomic mass is 28.4. The average molecular weight is 391 g/mol. The van der Waals surface area contributed by atoms with Gasteiger partial charge < -0.3 is 14.0 Å². The van der Waals surface area contributed by atoms with Crippen molar-refractivity contribution in [2.45, 2.75) is 123 Å². The van der Waals surface area contributed by atoms with Gasteiger partial charge in [0.2, 0.25) is 0 Å². The predicted octanol–water partition coefficient (Wildman–Crippen LogP) is 6.34. The molecule has 0 aromatic carbocycles. The van der Waals surface area contributed by atoms with E-state index < -0.39 is 16.6 Å². The second-order valence-corrected chi connectivity index (χ2v) is 20.1. The van der Waals surface area contributed by atoms with Crippen LogP contribution in [0.25, 0.3) is 0 Å². The molecule has 0 heterocycles. The third-order valence-corrected chi connectivity index (χ3v) is 15.3. The van der Waals surface area contributed by atoms with Crippen LogP contribution in [0, 0.1) is 0 Å². The van der Waals surface area contributed by atoms with Gasteiger partial charge in [0.05, 0.1) is 12.2 Å².